The van der Waals surface area contributed by atoms with E-state index in [1.165, 1.54) is 44.5 Å². The zero-order chi connectivity index (χ0) is 43.5. The van der Waals surface area contributed by atoms with Gasteiger partial charge in [-0.25, -0.2) is 0 Å². The normalized spacial score (nSPS) is 10.7. The molecule has 0 atom stereocenters. The van der Waals surface area contributed by atoms with Gasteiger partial charge < -0.3 is 9.80 Å². The summed E-state index contributed by atoms with van der Waals surface area (Å²) in [5.41, 5.74) is 18.5. The third kappa shape index (κ3) is 9.18. The van der Waals surface area contributed by atoms with Crippen molar-refractivity contribution in [2.75, 3.05) is 9.80 Å². The average Bonchev–Trinajstić information content (AvgIpc) is 3.39. The minimum Gasteiger partial charge on any atom is -0.311 e. The Bertz CT molecular complexity index is 2590. The Morgan fingerprint density at radius 2 is 0.281 bits per heavy atom. The highest BCUT2D eigenvalue weighted by atomic mass is 15.1. The Balaban J connectivity index is 0.00000256. The second kappa shape index (κ2) is 19.7. The Morgan fingerprint density at radius 1 is 0.156 bits per heavy atom. The van der Waals surface area contributed by atoms with Gasteiger partial charge in [0.15, 0.2) is 0 Å². The number of benzene rings is 10. The topological polar surface area (TPSA) is 6.48 Å². The lowest BCUT2D eigenvalue weighted by molar-refractivity contribution is 1.28. The summed E-state index contributed by atoms with van der Waals surface area (Å²) in [6.07, 6.45) is 0. The number of hydrogen-bond acceptors (Lipinski definition) is 2. The monoisotopic (exact) mass is 822 g/mol. The van der Waals surface area contributed by atoms with E-state index in [-0.39, 0.29) is 0 Å². The quantitative estimate of drug-likeness (QED) is 0.128. The lowest BCUT2D eigenvalue weighted by Crippen LogP contribution is -2.10. The van der Waals surface area contributed by atoms with Crippen LogP contribution in [0.25, 0.3) is 55.6 Å². The van der Waals surface area contributed by atoms with Gasteiger partial charge >= 0.3 is 0 Å². The summed E-state index contributed by atoms with van der Waals surface area (Å²) in [6.45, 7) is 4.00. The summed E-state index contributed by atoms with van der Waals surface area (Å²) in [7, 11) is 0. The smallest absolute Gasteiger partial charge is 0.0462 e. The SMILES string of the molecule is CC.c1ccc(-c2ccc(N(c3ccc(-c4ccccc4)cc3)c3ccc(-c4ccc(N(c5ccc(-c6ccccc6)cc5)c5ccc(-c6ccccc6)cc5)cc4)cc3)cc2)cc1. The number of hydrogen-bond donors (Lipinski definition) is 0. The van der Waals surface area contributed by atoms with Crippen molar-refractivity contribution in [1.29, 1.82) is 0 Å². The molecule has 0 aliphatic heterocycles. The van der Waals surface area contributed by atoms with Gasteiger partial charge in [-0.2, -0.15) is 0 Å². The summed E-state index contributed by atoms with van der Waals surface area (Å²) < 4.78 is 0. The van der Waals surface area contributed by atoms with Crippen molar-refractivity contribution in [3.05, 3.63) is 267 Å². The Morgan fingerprint density at radius 3 is 0.422 bits per heavy atom. The summed E-state index contributed by atoms with van der Waals surface area (Å²) in [5, 5.41) is 0. The largest absolute Gasteiger partial charge is 0.311 e. The second-order valence-electron chi connectivity index (χ2n) is 15.4. The van der Waals surface area contributed by atoms with Gasteiger partial charge in [-0.3, -0.25) is 0 Å². The molecule has 10 aromatic carbocycles. The van der Waals surface area contributed by atoms with Crippen LogP contribution in [0.2, 0.25) is 0 Å². The minimum atomic E-state index is 1.09. The highest BCUT2D eigenvalue weighted by Crippen LogP contribution is 2.40. The van der Waals surface area contributed by atoms with Crippen molar-refractivity contribution in [3.8, 4) is 55.6 Å². The van der Waals surface area contributed by atoms with Crippen LogP contribution >= 0.6 is 0 Å². The Hall–Kier alpha value is -8.20. The fourth-order valence-electron chi connectivity index (χ4n) is 8.23. The predicted octanol–water partition coefficient (Wildman–Crippen LogP) is 18.0. The van der Waals surface area contributed by atoms with Crippen LogP contribution in [0.1, 0.15) is 13.8 Å². The van der Waals surface area contributed by atoms with E-state index in [2.05, 4.69) is 277 Å². The molecule has 0 fully saturated rings. The van der Waals surface area contributed by atoms with Crippen LogP contribution in [0.15, 0.2) is 267 Å². The van der Waals surface area contributed by atoms with Crippen LogP contribution in [0.5, 0.6) is 0 Å². The fraction of sp³-hybridized carbons (Fsp3) is 0.0323. The van der Waals surface area contributed by atoms with Gasteiger partial charge in [-0.05, 0) is 128 Å². The van der Waals surface area contributed by atoms with Crippen LogP contribution in [0.4, 0.5) is 34.1 Å². The van der Waals surface area contributed by atoms with Gasteiger partial charge in [0.05, 0.1) is 0 Å². The second-order valence-corrected chi connectivity index (χ2v) is 15.4. The predicted molar refractivity (Wildman–Crippen MR) is 274 cm³/mol. The van der Waals surface area contributed by atoms with Gasteiger partial charge in [-0.15, -0.1) is 0 Å². The highest BCUT2D eigenvalue weighted by molar-refractivity contribution is 5.83. The van der Waals surface area contributed by atoms with E-state index in [4.69, 9.17) is 0 Å². The molecular weight excluding hydrogens is 773 g/mol. The lowest BCUT2D eigenvalue weighted by atomic mass is 10.0. The molecule has 0 aliphatic rings. The molecule has 0 saturated heterocycles. The highest BCUT2D eigenvalue weighted by Gasteiger charge is 2.16. The van der Waals surface area contributed by atoms with E-state index in [0.29, 0.717) is 0 Å². The Labute approximate surface area is 378 Å². The first-order valence-corrected chi connectivity index (χ1v) is 22.2. The first-order valence-electron chi connectivity index (χ1n) is 22.2. The van der Waals surface area contributed by atoms with Crippen LogP contribution in [-0.4, -0.2) is 0 Å². The van der Waals surface area contributed by atoms with E-state index in [9.17, 15) is 0 Å². The molecule has 0 amide bonds. The van der Waals surface area contributed by atoms with Gasteiger partial charge in [0.2, 0.25) is 0 Å². The molecule has 64 heavy (non-hydrogen) atoms. The molecule has 2 heteroatoms. The van der Waals surface area contributed by atoms with E-state index >= 15 is 0 Å². The van der Waals surface area contributed by atoms with Crippen LogP contribution in [0.3, 0.4) is 0 Å². The van der Waals surface area contributed by atoms with Gasteiger partial charge in [0.25, 0.3) is 0 Å². The summed E-state index contributed by atoms with van der Waals surface area (Å²) in [5.74, 6) is 0. The summed E-state index contributed by atoms with van der Waals surface area (Å²) in [6, 6.07) is 95.5. The standard InChI is InChI=1S/C60H44N2.C2H6/c1-5-13-45(14-6-1)49-21-33-55(34-22-49)61(56-35-23-50(24-36-56)46-15-7-2-8-16-46)59-41-29-53(30-42-59)54-31-43-60(44-32-54)62(57-37-25-51(26-38-57)47-17-9-3-10-18-47)58-39-27-52(28-40-58)48-19-11-4-12-20-48;1-2/h1-44H;1-2H3. The average molecular weight is 823 g/mol. The fourth-order valence-corrected chi connectivity index (χ4v) is 8.23. The van der Waals surface area contributed by atoms with E-state index in [0.717, 1.165) is 45.3 Å². The maximum atomic E-state index is 2.33. The molecule has 0 N–H and O–H groups in total. The molecular formula is C62H50N2. The van der Waals surface area contributed by atoms with Crippen LogP contribution in [0, 0.1) is 0 Å². The molecule has 0 aliphatic carbocycles. The van der Waals surface area contributed by atoms with E-state index in [1.807, 2.05) is 13.8 Å². The first kappa shape index (κ1) is 41.2. The summed E-state index contributed by atoms with van der Waals surface area (Å²) >= 11 is 0. The van der Waals surface area contributed by atoms with Gasteiger partial charge in [0.1, 0.15) is 0 Å². The number of rotatable bonds is 11. The van der Waals surface area contributed by atoms with E-state index in [1.54, 1.807) is 0 Å². The molecule has 10 aromatic rings. The minimum absolute atomic E-state index is 1.09. The number of anilines is 6. The van der Waals surface area contributed by atoms with Crippen molar-refractivity contribution in [3.63, 3.8) is 0 Å². The maximum Gasteiger partial charge on any atom is 0.0462 e. The molecule has 308 valence electrons. The molecule has 0 heterocycles. The van der Waals surface area contributed by atoms with Crippen molar-refractivity contribution < 1.29 is 0 Å². The molecule has 10 rings (SSSR count). The summed E-state index contributed by atoms with van der Waals surface area (Å²) in [4.78, 5) is 4.67. The van der Waals surface area contributed by atoms with Crippen molar-refractivity contribution in [2.24, 2.45) is 0 Å². The van der Waals surface area contributed by atoms with Crippen molar-refractivity contribution in [2.45, 2.75) is 13.8 Å². The molecule has 0 saturated carbocycles. The van der Waals surface area contributed by atoms with Crippen LogP contribution in [-0.2, 0) is 0 Å². The van der Waals surface area contributed by atoms with Gasteiger partial charge in [0, 0.05) is 34.1 Å². The third-order valence-electron chi connectivity index (χ3n) is 11.5. The van der Waals surface area contributed by atoms with Crippen molar-refractivity contribution >= 4 is 34.1 Å². The molecule has 0 radical (unpaired) electrons. The third-order valence-corrected chi connectivity index (χ3v) is 11.5. The van der Waals surface area contributed by atoms with Crippen molar-refractivity contribution in [1.82, 2.24) is 0 Å². The number of nitrogens with zero attached hydrogens (tertiary/aromatic N) is 2. The Kier molecular flexibility index (Phi) is 12.7. The molecule has 2 nitrogen and oxygen atoms in total. The van der Waals surface area contributed by atoms with E-state index < -0.39 is 0 Å². The van der Waals surface area contributed by atoms with Crippen LogP contribution < -0.4 is 9.80 Å². The lowest BCUT2D eigenvalue weighted by Gasteiger charge is -2.27. The molecule has 0 aromatic heterocycles. The maximum absolute atomic E-state index is 2.33. The molecule has 0 bridgehead atoms. The zero-order valence-electron chi connectivity index (χ0n) is 36.3. The van der Waals surface area contributed by atoms with Gasteiger partial charge in [-0.1, -0.05) is 208 Å². The zero-order valence-corrected chi connectivity index (χ0v) is 36.3. The first-order chi connectivity index (χ1) is 31.7. The molecule has 0 spiro atoms. The molecule has 0 unspecified atom stereocenters.